The Kier molecular flexibility index (Phi) is 7.85. The molecular formula is C34H44FN9O2. The Labute approximate surface area is 269 Å². The number of hydrogen-bond acceptors (Lipinski definition) is 8. The van der Waals surface area contributed by atoms with E-state index < -0.39 is 17.3 Å². The Morgan fingerprint density at radius 1 is 1.11 bits per heavy atom. The van der Waals surface area contributed by atoms with Gasteiger partial charge in [-0.15, -0.1) is 0 Å². The Morgan fingerprint density at radius 2 is 1.85 bits per heavy atom. The minimum atomic E-state index is -1.08. The SMILES string of the molecule is CN1CCC2(CC1)CN(C1CCN(c3ccc4nc(NC(=O)c5ccnc(-c6cnn(C)c6)c5F)n(CC(C)(C)O)c4c3)CC1)C2. The smallest absolute Gasteiger partial charge is 0.261 e. The number of hydrogen-bond donors (Lipinski definition) is 2. The van der Waals surface area contributed by atoms with Gasteiger partial charge in [-0.2, -0.15) is 5.10 Å². The number of aryl methyl sites for hydroxylation is 1. The summed E-state index contributed by atoms with van der Waals surface area (Å²) in [6.45, 7) is 10.5. The van der Waals surface area contributed by atoms with Crippen molar-refractivity contribution in [3.05, 3.63) is 54.2 Å². The normalized spacial score (nSPS) is 19.6. The van der Waals surface area contributed by atoms with Crippen LogP contribution in [0.25, 0.3) is 22.3 Å². The van der Waals surface area contributed by atoms with Crippen LogP contribution in [0.15, 0.2) is 42.9 Å². The predicted octanol–water partition coefficient (Wildman–Crippen LogP) is 3.99. The standard InChI is InChI=1S/C34H44FN9O2/c1-33(2,46)20-44-28-17-25(42-13-8-24(9-14-42)43-21-34(22-43)10-15-40(3)16-11-34)5-6-27(28)38-32(44)39-31(45)26-7-12-36-30(29(26)35)23-18-37-41(4)19-23/h5-7,12,17-19,24,46H,8-11,13-16,20-22H2,1-4H3,(H,38,39,45). The summed E-state index contributed by atoms with van der Waals surface area (Å²) >= 11 is 0. The maximum absolute atomic E-state index is 15.5. The van der Waals surface area contributed by atoms with Crippen molar-refractivity contribution in [2.75, 3.05) is 56.5 Å². The zero-order valence-electron chi connectivity index (χ0n) is 27.2. The third kappa shape index (κ3) is 6.01. The van der Waals surface area contributed by atoms with Crippen LogP contribution >= 0.6 is 0 Å². The lowest BCUT2D eigenvalue weighted by molar-refractivity contribution is -0.0704. The van der Waals surface area contributed by atoms with Crippen LogP contribution in [0.2, 0.25) is 0 Å². The van der Waals surface area contributed by atoms with Crippen LogP contribution in [0.3, 0.4) is 0 Å². The first kappa shape index (κ1) is 30.8. The summed E-state index contributed by atoms with van der Waals surface area (Å²) < 4.78 is 18.9. The number of aliphatic hydroxyl groups is 1. The van der Waals surface area contributed by atoms with E-state index in [1.807, 2.05) is 10.6 Å². The van der Waals surface area contributed by atoms with E-state index in [0.29, 0.717) is 22.5 Å². The molecule has 0 radical (unpaired) electrons. The number of rotatable bonds is 7. The number of carbonyl (C=O) groups excluding carboxylic acids is 1. The number of benzene rings is 1. The molecule has 12 heteroatoms. The molecule has 3 fully saturated rings. The molecule has 2 N–H and O–H groups in total. The second-order valence-corrected chi connectivity index (χ2v) is 14.3. The average molecular weight is 630 g/mol. The molecule has 4 aromatic rings. The molecule has 6 heterocycles. The first-order valence-electron chi connectivity index (χ1n) is 16.3. The Hall–Kier alpha value is -3.87. The molecule has 3 aromatic heterocycles. The molecule has 1 aromatic carbocycles. The number of nitrogens with zero attached hydrogens (tertiary/aromatic N) is 8. The van der Waals surface area contributed by atoms with Gasteiger partial charge in [0.25, 0.3) is 5.91 Å². The molecule has 0 atom stereocenters. The molecule has 244 valence electrons. The van der Waals surface area contributed by atoms with Gasteiger partial charge in [-0.25, -0.2) is 9.37 Å². The first-order chi connectivity index (χ1) is 22.0. The summed E-state index contributed by atoms with van der Waals surface area (Å²) in [4.78, 5) is 29.9. The van der Waals surface area contributed by atoms with E-state index in [2.05, 4.69) is 49.3 Å². The Morgan fingerprint density at radius 3 is 2.52 bits per heavy atom. The Balaban J connectivity index is 1.08. The number of likely N-dealkylation sites (tertiary alicyclic amines) is 2. The van der Waals surface area contributed by atoms with E-state index in [4.69, 9.17) is 4.98 Å². The van der Waals surface area contributed by atoms with Crippen LogP contribution in [-0.2, 0) is 13.6 Å². The molecule has 0 unspecified atom stereocenters. The summed E-state index contributed by atoms with van der Waals surface area (Å²) in [6, 6.07) is 8.12. The van der Waals surface area contributed by atoms with Gasteiger partial charge in [0.2, 0.25) is 5.95 Å². The zero-order chi connectivity index (χ0) is 32.2. The summed E-state index contributed by atoms with van der Waals surface area (Å²) in [5.74, 6) is -1.13. The highest BCUT2D eigenvalue weighted by Gasteiger charge is 2.46. The molecule has 1 amide bonds. The van der Waals surface area contributed by atoms with Crippen molar-refractivity contribution in [3.63, 3.8) is 0 Å². The number of fused-ring (bicyclic) bond motifs is 1. The summed E-state index contributed by atoms with van der Waals surface area (Å²) in [6.07, 6.45) is 9.48. The zero-order valence-corrected chi connectivity index (χ0v) is 27.2. The van der Waals surface area contributed by atoms with Crippen LogP contribution in [-0.4, -0.2) is 103 Å². The highest BCUT2D eigenvalue weighted by Crippen LogP contribution is 2.42. The molecule has 0 aliphatic carbocycles. The minimum absolute atomic E-state index is 0.0505. The van der Waals surface area contributed by atoms with E-state index in [1.54, 1.807) is 31.8 Å². The number of pyridine rings is 1. The molecule has 3 saturated heterocycles. The fraction of sp³-hybridized carbons (Fsp3) is 0.529. The van der Waals surface area contributed by atoms with Crippen molar-refractivity contribution >= 4 is 28.6 Å². The third-order valence-corrected chi connectivity index (χ3v) is 10.1. The van der Waals surface area contributed by atoms with Crippen LogP contribution in [0.5, 0.6) is 0 Å². The van der Waals surface area contributed by atoms with Crippen molar-refractivity contribution < 1.29 is 14.3 Å². The number of imidazole rings is 1. The molecular weight excluding hydrogens is 585 g/mol. The number of nitrogens with one attached hydrogen (secondary N) is 1. The number of amides is 1. The lowest BCUT2D eigenvalue weighted by atomic mass is 9.71. The highest BCUT2D eigenvalue weighted by molar-refractivity contribution is 6.05. The van der Waals surface area contributed by atoms with Gasteiger partial charge < -0.3 is 19.5 Å². The fourth-order valence-electron chi connectivity index (χ4n) is 7.45. The molecule has 3 aliphatic rings. The fourth-order valence-corrected chi connectivity index (χ4v) is 7.45. The second-order valence-electron chi connectivity index (χ2n) is 14.3. The summed E-state index contributed by atoms with van der Waals surface area (Å²) in [7, 11) is 3.96. The minimum Gasteiger partial charge on any atom is -0.389 e. The van der Waals surface area contributed by atoms with Gasteiger partial charge in [0.1, 0.15) is 5.69 Å². The topological polar surface area (TPSA) is 108 Å². The number of anilines is 2. The number of aromatic nitrogens is 5. The van der Waals surface area contributed by atoms with Crippen molar-refractivity contribution in [2.45, 2.75) is 57.7 Å². The highest BCUT2D eigenvalue weighted by atomic mass is 19.1. The van der Waals surface area contributed by atoms with E-state index >= 15 is 4.39 Å². The lowest BCUT2D eigenvalue weighted by Gasteiger charge is -2.57. The van der Waals surface area contributed by atoms with Gasteiger partial charge in [0.15, 0.2) is 5.82 Å². The van der Waals surface area contributed by atoms with Gasteiger partial charge in [-0.3, -0.25) is 24.7 Å². The molecule has 0 saturated carbocycles. The number of carbonyl (C=O) groups is 1. The van der Waals surface area contributed by atoms with E-state index in [-0.39, 0.29) is 23.8 Å². The molecule has 3 aliphatic heterocycles. The Bertz CT molecular complexity index is 1730. The largest absolute Gasteiger partial charge is 0.389 e. The van der Waals surface area contributed by atoms with E-state index in [9.17, 15) is 9.90 Å². The van der Waals surface area contributed by atoms with Gasteiger partial charge in [0.05, 0.1) is 34.9 Å². The molecule has 11 nitrogen and oxygen atoms in total. The van der Waals surface area contributed by atoms with Crippen LogP contribution < -0.4 is 10.2 Å². The molecule has 7 rings (SSSR count). The van der Waals surface area contributed by atoms with E-state index in [1.165, 1.54) is 57.5 Å². The van der Waals surface area contributed by atoms with E-state index in [0.717, 1.165) is 37.1 Å². The monoisotopic (exact) mass is 629 g/mol. The van der Waals surface area contributed by atoms with Gasteiger partial charge in [-0.05, 0) is 89.3 Å². The van der Waals surface area contributed by atoms with Crippen LogP contribution in [0.4, 0.5) is 16.0 Å². The quantitative estimate of drug-likeness (QED) is 0.316. The first-order valence-corrected chi connectivity index (χ1v) is 16.3. The average Bonchev–Trinajstić information content (AvgIpc) is 3.58. The second kappa shape index (κ2) is 11.7. The van der Waals surface area contributed by atoms with Gasteiger partial charge in [-0.1, -0.05) is 0 Å². The van der Waals surface area contributed by atoms with Gasteiger partial charge in [0, 0.05) is 62.9 Å². The van der Waals surface area contributed by atoms with Crippen molar-refractivity contribution in [3.8, 4) is 11.3 Å². The molecule has 1 spiro atoms. The predicted molar refractivity (Wildman–Crippen MR) is 176 cm³/mol. The van der Waals surface area contributed by atoms with Crippen LogP contribution in [0.1, 0.15) is 49.9 Å². The van der Waals surface area contributed by atoms with Crippen molar-refractivity contribution in [1.82, 2.24) is 34.1 Å². The third-order valence-electron chi connectivity index (χ3n) is 10.1. The number of piperidine rings is 2. The molecule has 0 bridgehead atoms. The molecule has 46 heavy (non-hydrogen) atoms. The summed E-state index contributed by atoms with van der Waals surface area (Å²) in [5.41, 5.74) is 2.43. The van der Waals surface area contributed by atoms with Crippen LogP contribution in [0, 0.1) is 11.2 Å². The number of halogens is 1. The lowest BCUT2D eigenvalue weighted by Crippen LogP contribution is -2.63. The van der Waals surface area contributed by atoms with Crippen molar-refractivity contribution in [1.29, 1.82) is 0 Å². The van der Waals surface area contributed by atoms with Gasteiger partial charge >= 0.3 is 0 Å². The maximum Gasteiger partial charge on any atom is 0.261 e. The summed E-state index contributed by atoms with van der Waals surface area (Å²) in [5, 5.41) is 17.7. The van der Waals surface area contributed by atoms with Crippen molar-refractivity contribution in [2.24, 2.45) is 12.5 Å². The maximum atomic E-state index is 15.5.